The van der Waals surface area contributed by atoms with Gasteiger partial charge in [-0.2, -0.15) is 0 Å². The second kappa shape index (κ2) is 17.6. The average molecular weight is 426 g/mol. The van der Waals surface area contributed by atoms with Crippen molar-refractivity contribution in [3.05, 3.63) is 0 Å². The van der Waals surface area contributed by atoms with Crippen molar-refractivity contribution in [1.82, 2.24) is 0 Å². The van der Waals surface area contributed by atoms with Crippen LogP contribution in [0, 0.1) is 10.8 Å². The van der Waals surface area contributed by atoms with Crippen LogP contribution in [0.15, 0.2) is 0 Å². The Hall–Kier alpha value is -0.541. The molecular weight excluding hydrogens is 384 g/mol. The molecule has 0 aliphatic carbocycles. The number of carboxylic acid groups (broad SMARTS) is 2. The number of carbonyl (C=O) groups excluding carboxylic acids is 2. The first-order valence-electron chi connectivity index (χ1n) is 10.2. The summed E-state index contributed by atoms with van der Waals surface area (Å²) in [5.41, 5.74) is 0.822. The van der Waals surface area contributed by atoms with Gasteiger partial charge in [-0.3, -0.25) is 0 Å². The zero-order valence-electron chi connectivity index (χ0n) is 18.5. The van der Waals surface area contributed by atoms with Crippen molar-refractivity contribution in [2.75, 3.05) is 0 Å². The second-order valence-electron chi connectivity index (χ2n) is 9.69. The van der Waals surface area contributed by atoms with Crippen LogP contribution in [0.3, 0.4) is 0 Å². The summed E-state index contributed by atoms with van der Waals surface area (Å²) in [4.78, 5) is 20.2. The Morgan fingerprint density at radius 3 is 1.04 bits per heavy atom. The number of unbranched alkanes of at least 4 members (excludes halogenated alkanes) is 6. The molecule has 0 aromatic carbocycles. The average Bonchev–Trinajstić information content (AvgIpc) is 2.44. The van der Waals surface area contributed by atoms with Crippen LogP contribution >= 0.6 is 0 Å². The van der Waals surface area contributed by atoms with Gasteiger partial charge < -0.3 is 19.8 Å². The van der Waals surface area contributed by atoms with E-state index in [1.165, 1.54) is 25.7 Å². The maximum Gasteiger partial charge on any atom is 2.00 e. The van der Waals surface area contributed by atoms with Gasteiger partial charge in [0.15, 0.2) is 0 Å². The van der Waals surface area contributed by atoms with Gasteiger partial charge in [-0.25, -0.2) is 0 Å². The smallest absolute Gasteiger partial charge is 0.550 e. The van der Waals surface area contributed by atoms with Gasteiger partial charge in [-0.15, -0.1) is 0 Å². The van der Waals surface area contributed by atoms with Crippen molar-refractivity contribution in [2.45, 2.75) is 119 Å². The number of rotatable bonds is 12. The van der Waals surface area contributed by atoms with E-state index in [0.717, 1.165) is 38.5 Å². The topological polar surface area (TPSA) is 80.3 Å². The molecule has 0 saturated heterocycles. The minimum atomic E-state index is -0.921. The maximum absolute atomic E-state index is 10.1. The van der Waals surface area contributed by atoms with Gasteiger partial charge in [0.05, 0.1) is 0 Å². The summed E-state index contributed by atoms with van der Waals surface area (Å²) in [6.45, 7) is 13.4. The summed E-state index contributed by atoms with van der Waals surface area (Å²) in [5, 5.41) is 20.2. The molecule has 0 aromatic rings. The molecule has 0 spiro atoms. The van der Waals surface area contributed by atoms with E-state index in [1.807, 2.05) is 0 Å². The molecule has 0 unspecified atom stereocenters. The van der Waals surface area contributed by atoms with E-state index < -0.39 is 11.9 Å². The second-order valence-corrected chi connectivity index (χ2v) is 9.69. The zero-order chi connectivity index (χ0) is 20.6. The van der Waals surface area contributed by atoms with Gasteiger partial charge in [-0.1, -0.05) is 80.1 Å². The number of carboxylic acids is 2. The van der Waals surface area contributed by atoms with Gasteiger partial charge in [0.2, 0.25) is 0 Å². The molecule has 0 radical (unpaired) electrons. The normalized spacial score (nSPS) is 11.2. The summed E-state index contributed by atoms with van der Waals surface area (Å²) in [7, 11) is 0. The standard InChI is InChI=1S/2C11H22O2.Fe/c2*1-11(2,3)9-7-5-4-6-8-10(12)13;/h2*4-9H2,1-3H3,(H,12,13);/q;;+2/p-2. The molecule has 0 bridgehead atoms. The van der Waals surface area contributed by atoms with Crippen LogP contribution in [0.5, 0.6) is 0 Å². The molecule has 0 aliphatic rings. The molecule has 0 aliphatic heterocycles. The first-order valence-corrected chi connectivity index (χ1v) is 10.2. The van der Waals surface area contributed by atoms with Crippen LogP contribution in [0.2, 0.25) is 0 Å². The Kier molecular flexibility index (Phi) is 20.3. The number of aliphatic carboxylic acids is 2. The van der Waals surface area contributed by atoms with Crippen LogP contribution in [0.25, 0.3) is 0 Å². The Bertz CT molecular complexity index is 331. The van der Waals surface area contributed by atoms with Crippen molar-refractivity contribution in [2.24, 2.45) is 10.8 Å². The van der Waals surface area contributed by atoms with Crippen molar-refractivity contribution in [3.8, 4) is 0 Å². The van der Waals surface area contributed by atoms with Crippen molar-refractivity contribution in [3.63, 3.8) is 0 Å². The minimum absolute atomic E-state index is 0. The van der Waals surface area contributed by atoms with Crippen LogP contribution < -0.4 is 10.2 Å². The minimum Gasteiger partial charge on any atom is -0.550 e. The van der Waals surface area contributed by atoms with Crippen molar-refractivity contribution < 1.29 is 36.9 Å². The van der Waals surface area contributed by atoms with Gasteiger partial charge in [-0.05, 0) is 49.4 Å². The fourth-order valence-corrected chi connectivity index (χ4v) is 2.56. The number of hydrogen-bond donors (Lipinski definition) is 0. The van der Waals surface area contributed by atoms with E-state index in [-0.39, 0.29) is 29.9 Å². The van der Waals surface area contributed by atoms with Crippen LogP contribution in [-0.4, -0.2) is 11.9 Å². The zero-order valence-corrected chi connectivity index (χ0v) is 19.6. The number of hydrogen-bond acceptors (Lipinski definition) is 4. The molecule has 0 amide bonds. The first-order chi connectivity index (χ1) is 11.8. The Morgan fingerprint density at radius 2 is 0.815 bits per heavy atom. The third kappa shape index (κ3) is 37.0. The molecule has 0 N–H and O–H groups in total. The third-order valence-corrected chi connectivity index (χ3v) is 4.12. The third-order valence-electron chi connectivity index (χ3n) is 4.12. The summed E-state index contributed by atoms with van der Waals surface area (Å²) in [6.07, 6.45) is 11.1. The fraction of sp³-hybridized carbons (Fsp3) is 0.909. The van der Waals surface area contributed by atoms with E-state index in [0.29, 0.717) is 10.8 Å². The molecule has 0 fully saturated rings. The predicted octanol–water partition coefficient (Wildman–Crippen LogP) is 4.24. The van der Waals surface area contributed by atoms with Gasteiger partial charge >= 0.3 is 17.1 Å². The van der Waals surface area contributed by atoms with E-state index in [1.54, 1.807) is 0 Å². The predicted molar refractivity (Wildman–Crippen MR) is 104 cm³/mol. The van der Waals surface area contributed by atoms with Gasteiger partial charge in [0, 0.05) is 11.9 Å². The molecule has 4 nitrogen and oxygen atoms in total. The van der Waals surface area contributed by atoms with E-state index in [4.69, 9.17) is 0 Å². The van der Waals surface area contributed by atoms with Crippen molar-refractivity contribution in [1.29, 1.82) is 0 Å². The van der Waals surface area contributed by atoms with Gasteiger partial charge in [0.25, 0.3) is 0 Å². The van der Waals surface area contributed by atoms with Crippen LogP contribution in [0.4, 0.5) is 0 Å². The summed E-state index contributed by atoms with van der Waals surface area (Å²) in [6, 6.07) is 0. The molecule has 0 heterocycles. The van der Waals surface area contributed by atoms with Crippen LogP contribution in [0.1, 0.15) is 119 Å². The Morgan fingerprint density at radius 1 is 0.556 bits per heavy atom. The molecule has 0 atom stereocenters. The molecule has 27 heavy (non-hydrogen) atoms. The molecular formula is C22H42FeO4. The summed E-state index contributed by atoms with van der Waals surface area (Å²) < 4.78 is 0. The Balaban J connectivity index is -0.000000411. The summed E-state index contributed by atoms with van der Waals surface area (Å²) >= 11 is 0. The van der Waals surface area contributed by atoms with Gasteiger partial charge in [0.1, 0.15) is 0 Å². The molecule has 0 saturated carbocycles. The maximum atomic E-state index is 10.1. The summed E-state index contributed by atoms with van der Waals surface area (Å²) in [5.74, 6) is -1.84. The van der Waals surface area contributed by atoms with E-state index in [2.05, 4.69) is 41.5 Å². The molecule has 0 rings (SSSR count). The molecule has 0 aromatic heterocycles. The quantitative estimate of drug-likeness (QED) is 0.345. The largest absolute Gasteiger partial charge is 2.00 e. The SMILES string of the molecule is CC(C)(C)CCCCCCC(=O)[O-].CC(C)(C)CCCCCCC(=O)[O-].[Fe+2]. The van der Waals surface area contributed by atoms with Crippen LogP contribution in [-0.2, 0) is 26.7 Å². The first kappa shape index (κ1) is 31.2. The molecule has 162 valence electrons. The van der Waals surface area contributed by atoms with E-state index in [9.17, 15) is 19.8 Å². The fourth-order valence-electron chi connectivity index (χ4n) is 2.56. The van der Waals surface area contributed by atoms with E-state index >= 15 is 0 Å². The number of carbonyl (C=O) groups is 2. The Labute approximate surface area is 178 Å². The van der Waals surface area contributed by atoms with Crippen molar-refractivity contribution >= 4 is 11.9 Å². The molecule has 5 heteroatoms. The monoisotopic (exact) mass is 426 g/mol.